The minimum atomic E-state index is -0.777. The van der Waals surface area contributed by atoms with Crippen molar-refractivity contribution in [3.8, 4) is 0 Å². The van der Waals surface area contributed by atoms with Crippen LogP contribution in [0.4, 0.5) is 0 Å². The number of amides is 1. The maximum absolute atomic E-state index is 11.3. The van der Waals surface area contributed by atoms with Crippen molar-refractivity contribution in [1.82, 2.24) is 10.6 Å². The van der Waals surface area contributed by atoms with Crippen LogP contribution in [0.2, 0.25) is 0 Å². The first kappa shape index (κ1) is 12.6. The molecular weight excluding hydrogens is 212 g/mol. The molecule has 1 aliphatic rings. The van der Waals surface area contributed by atoms with Crippen LogP contribution in [0.25, 0.3) is 0 Å². The lowest BCUT2D eigenvalue weighted by Crippen LogP contribution is -2.31. The van der Waals surface area contributed by atoms with Gasteiger partial charge in [-0.2, -0.15) is 0 Å². The largest absolute Gasteiger partial charge is 0.355 e. The van der Waals surface area contributed by atoms with Gasteiger partial charge in [-0.1, -0.05) is 6.92 Å². The van der Waals surface area contributed by atoms with Gasteiger partial charge in [-0.15, -0.1) is 0 Å². The van der Waals surface area contributed by atoms with E-state index in [0.29, 0.717) is 30.5 Å². The van der Waals surface area contributed by atoms with Crippen LogP contribution in [0.3, 0.4) is 0 Å². The van der Waals surface area contributed by atoms with E-state index in [-0.39, 0.29) is 5.91 Å². The Morgan fingerprint density at radius 2 is 2.13 bits per heavy atom. The molecule has 0 saturated heterocycles. The van der Waals surface area contributed by atoms with Gasteiger partial charge in [0.15, 0.2) is 0 Å². The van der Waals surface area contributed by atoms with Crippen molar-refractivity contribution < 1.29 is 9.00 Å². The molecule has 1 saturated carbocycles. The van der Waals surface area contributed by atoms with Crippen LogP contribution in [0.15, 0.2) is 0 Å². The third-order valence-corrected chi connectivity index (χ3v) is 3.64. The molecule has 4 nitrogen and oxygen atoms in total. The zero-order valence-electron chi connectivity index (χ0n) is 9.25. The van der Waals surface area contributed by atoms with Gasteiger partial charge in [-0.05, 0) is 12.8 Å². The number of hydrogen-bond donors (Lipinski definition) is 2. The summed E-state index contributed by atoms with van der Waals surface area (Å²) < 4.78 is 11.1. The first-order valence-corrected chi connectivity index (χ1v) is 7.06. The Labute approximate surface area is 93.7 Å². The average Bonchev–Trinajstić information content (AvgIpc) is 3.01. The van der Waals surface area contributed by atoms with Crippen LogP contribution in [0.5, 0.6) is 0 Å². The first-order valence-electron chi connectivity index (χ1n) is 5.57. The van der Waals surface area contributed by atoms with Crippen LogP contribution < -0.4 is 10.6 Å². The molecule has 0 heterocycles. The summed E-state index contributed by atoms with van der Waals surface area (Å²) in [6.07, 6.45) is 3.02. The molecule has 1 unspecified atom stereocenters. The summed E-state index contributed by atoms with van der Waals surface area (Å²) in [4.78, 5) is 11.3. The zero-order valence-corrected chi connectivity index (χ0v) is 10.1. The molecule has 0 aromatic carbocycles. The second kappa shape index (κ2) is 6.95. The van der Waals surface area contributed by atoms with Crippen LogP contribution in [-0.2, 0) is 15.6 Å². The van der Waals surface area contributed by atoms with Gasteiger partial charge < -0.3 is 10.6 Å². The predicted molar refractivity (Wildman–Crippen MR) is 62.2 cm³/mol. The van der Waals surface area contributed by atoms with Gasteiger partial charge in [0.1, 0.15) is 0 Å². The van der Waals surface area contributed by atoms with Gasteiger partial charge >= 0.3 is 0 Å². The minimum Gasteiger partial charge on any atom is -0.355 e. The Morgan fingerprint density at radius 1 is 1.40 bits per heavy atom. The maximum Gasteiger partial charge on any atom is 0.221 e. The third kappa shape index (κ3) is 6.62. The average molecular weight is 232 g/mol. The molecule has 1 atom stereocenters. The fraction of sp³-hybridized carbons (Fsp3) is 0.900. The molecular formula is C10H20N2O2S. The molecule has 0 aromatic rings. The number of carbonyl (C=O) groups is 1. The minimum absolute atomic E-state index is 0.0521. The molecule has 5 heteroatoms. The summed E-state index contributed by atoms with van der Waals surface area (Å²) >= 11 is 0. The lowest BCUT2D eigenvalue weighted by molar-refractivity contribution is -0.120. The molecule has 1 fully saturated rings. The van der Waals surface area contributed by atoms with Crippen molar-refractivity contribution in [2.75, 3.05) is 24.6 Å². The van der Waals surface area contributed by atoms with E-state index in [0.717, 1.165) is 6.54 Å². The van der Waals surface area contributed by atoms with Gasteiger partial charge in [0.25, 0.3) is 0 Å². The molecule has 1 amide bonds. The van der Waals surface area contributed by atoms with E-state index < -0.39 is 10.8 Å². The van der Waals surface area contributed by atoms with E-state index in [9.17, 15) is 9.00 Å². The summed E-state index contributed by atoms with van der Waals surface area (Å²) in [6, 6.07) is 0.658. The van der Waals surface area contributed by atoms with Crippen molar-refractivity contribution in [2.24, 2.45) is 0 Å². The predicted octanol–water partition coefficient (Wildman–Crippen LogP) is 0.0133. The van der Waals surface area contributed by atoms with E-state index in [1.807, 2.05) is 6.92 Å². The lowest BCUT2D eigenvalue weighted by atomic mass is 10.4. The number of hydrogen-bond acceptors (Lipinski definition) is 3. The topological polar surface area (TPSA) is 58.2 Å². The Bertz CT molecular complexity index is 229. The highest BCUT2D eigenvalue weighted by molar-refractivity contribution is 7.84. The lowest BCUT2D eigenvalue weighted by Gasteiger charge is -2.05. The van der Waals surface area contributed by atoms with Crippen molar-refractivity contribution >= 4 is 16.7 Å². The molecule has 2 N–H and O–H groups in total. The Morgan fingerprint density at radius 3 is 2.73 bits per heavy atom. The monoisotopic (exact) mass is 232 g/mol. The molecule has 15 heavy (non-hydrogen) atoms. The zero-order chi connectivity index (χ0) is 11.1. The van der Waals surface area contributed by atoms with Crippen LogP contribution in [-0.4, -0.2) is 40.8 Å². The summed E-state index contributed by atoms with van der Waals surface area (Å²) in [5.41, 5.74) is 0. The van der Waals surface area contributed by atoms with Crippen molar-refractivity contribution in [3.05, 3.63) is 0 Å². The van der Waals surface area contributed by atoms with Crippen LogP contribution in [0.1, 0.15) is 26.2 Å². The van der Waals surface area contributed by atoms with Gasteiger partial charge in [-0.25, -0.2) is 0 Å². The molecule has 0 radical (unpaired) electrons. The van der Waals surface area contributed by atoms with E-state index in [1.54, 1.807) is 0 Å². The van der Waals surface area contributed by atoms with Crippen molar-refractivity contribution in [1.29, 1.82) is 0 Å². The second-order valence-electron chi connectivity index (χ2n) is 3.76. The molecule has 1 aliphatic carbocycles. The van der Waals surface area contributed by atoms with E-state index in [2.05, 4.69) is 10.6 Å². The van der Waals surface area contributed by atoms with Crippen LogP contribution in [0, 0.1) is 0 Å². The smallest absolute Gasteiger partial charge is 0.221 e. The van der Waals surface area contributed by atoms with E-state index in [1.165, 1.54) is 12.8 Å². The molecule has 1 rings (SSSR count). The highest BCUT2D eigenvalue weighted by Gasteiger charge is 2.19. The fourth-order valence-electron chi connectivity index (χ4n) is 1.21. The molecule has 0 aromatic heterocycles. The van der Waals surface area contributed by atoms with Gasteiger partial charge in [0, 0.05) is 47.9 Å². The normalized spacial score (nSPS) is 17.4. The maximum atomic E-state index is 11.3. The fourth-order valence-corrected chi connectivity index (χ4v) is 1.83. The molecule has 0 aliphatic heterocycles. The van der Waals surface area contributed by atoms with Gasteiger partial charge in [-0.3, -0.25) is 9.00 Å². The highest BCUT2D eigenvalue weighted by atomic mass is 32.2. The summed E-state index contributed by atoms with van der Waals surface area (Å²) in [5.74, 6) is 1.29. The standard InChI is InChI=1S/C10H20N2O2S/c1-2-15(14)8-7-12-10(13)5-6-11-9-3-4-9/h9,11H,2-8H2,1H3,(H,12,13). The highest BCUT2D eigenvalue weighted by Crippen LogP contribution is 2.18. The van der Waals surface area contributed by atoms with Crippen molar-refractivity contribution in [2.45, 2.75) is 32.2 Å². The Kier molecular flexibility index (Phi) is 5.86. The first-order chi connectivity index (χ1) is 7.22. The Balaban J connectivity index is 1.90. The third-order valence-electron chi connectivity index (χ3n) is 2.34. The Hall–Kier alpha value is -0.420. The number of rotatable bonds is 8. The van der Waals surface area contributed by atoms with Crippen LogP contribution >= 0.6 is 0 Å². The van der Waals surface area contributed by atoms with E-state index in [4.69, 9.17) is 0 Å². The SMILES string of the molecule is CCS(=O)CCNC(=O)CCNC1CC1. The van der Waals surface area contributed by atoms with Gasteiger partial charge in [0.2, 0.25) is 5.91 Å². The summed E-state index contributed by atoms with van der Waals surface area (Å²) in [6.45, 7) is 3.17. The van der Waals surface area contributed by atoms with Crippen molar-refractivity contribution in [3.63, 3.8) is 0 Å². The van der Waals surface area contributed by atoms with Gasteiger partial charge in [0.05, 0.1) is 0 Å². The second-order valence-corrected chi connectivity index (χ2v) is 5.63. The van der Waals surface area contributed by atoms with E-state index >= 15 is 0 Å². The number of carbonyl (C=O) groups excluding carboxylic acids is 1. The molecule has 0 spiro atoms. The molecule has 88 valence electrons. The molecule has 0 bridgehead atoms. The quantitative estimate of drug-likeness (QED) is 0.620. The number of nitrogens with one attached hydrogen (secondary N) is 2. The summed E-state index contributed by atoms with van der Waals surface area (Å²) in [5, 5.41) is 6.05. The summed E-state index contributed by atoms with van der Waals surface area (Å²) in [7, 11) is -0.777.